The fourth-order valence-electron chi connectivity index (χ4n) is 2.31. The van der Waals surface area contributed by atoms with Crippen molar-refractivity contribution in [3.05, 3.63) is 69.7 Å². The van der Waals surface area contributed by atoms with E-state index in [-0.39, 0.29) is 12.5 Å². The molecule has 1 unspecified atom stereocenters. The van der Waals surface area contributed by atoms with Crippen LogP contribution in [0.15, 0.2) is 53.0 Å². The summed E-state index contributed by atoms with van der Waals surface area (Å²) in [7, 11) is 0. The third-order valence-corrected chi connectivity index (χ3v) is 3.99. The molecule has 1 atom stereocenters. The molecule has 0 saturated heterocycles. The van der Waals surface area contributed by atoms with Crippen LogP contribution in [0.1, 0.15) is 16.7 Å². The zero-order valence-electron chi connectivity index (χ0n) is 11.1. The smallest absolute Gasteiger partial charge is 0.0465 e. The molecular formula is C17H19BrO. The molecule has 2 aromatic carbocycles. The summed E-state index contributed by atoms with van der Waals surface area (Å²) in [5.74, 6) is 0.280. The topological polar surface area (TPSA) is 20.2 Å². The van der Waals surface area contributed by atoms with E-state index in [1.807, 2.05) is 0 Å². The zero-order chi connectivity index (χ0) is 13.7. The maximum absolute atomic E-state index is 9.58. The fourth-order valence-corrected chi connectivity index (χ4v) is 2.57. The van der Waals surface area contributed by atoms with Gasteiger partial charge in [0.25, 0.3) is 0 Å². The van der Waals surface area contributed by atoms with Crippen molar-refractivity contribution in [2.24, 2.45) is 5.92 Å². The first-order chi connectivity index (χ1) is 9.19. The molecule has 2 heteroatoms. The molecule has 0 saturated carbocycles. The van der Waals surface area contributed by atoms with Gasteiger partial charge in [-0.15, -0.1) is 0 Å². The summed E-state index contributed by atoms with van der Waals surface area (Å²) < 4.78 is 1.09. The van der Waals surface area contributed by atoms with Crippen molar-refractivity contribution >= 4 is 15.9 Å². The number of benzene rings is 2. The van der Waals surface area contributed by atoms with Gasteiger partial charge in [0.05, 0.1) is 0 Å². The summed E-state index contributed by atoms with van der Waals surface area (Å²) in [4.78, 5) is 0. The number of hydrogen-bond acceptors (Lipinski definition) is 1. The van der Waals surface area contributed by atoms with Gasteiger partial charge in [0, 0.05) is 11.1 Å². The van der Waals surface area contributed by atoms with Crippen molar-refractivity contribution in [2.75, 3.05) is 6.61 Å². The van der Waals surface area contributed by atoms with E-state index in [1.54, 1.807) is 0 Å². The molecule has 2 aromatic rings. The average molecular weight is 319 g/mol. The molecule has 0 amide bonds. The van der Waals surface area contributed by atoms with Crippen LogP contribution < -0.4 is 0 Å². The Morgan fingerprint density at radius 3 is 2.32 bits per heavy atom. The maximum Gasteiger partial charge on any atom is 0.0465 e. The van der Waals surface area contributed by atoms with E-state index in [4.69, 9.17) is 0 Å². The van der Waals surface area contributed by atoms with Gasteiger partial charge in [-0.3, -0.25) is 0 Å². The van der Waals surface area contributed by atoms with E-state index < -0.39 is 0 Å². The van der Waals surface area contributed by atoms with E-state index in [0.29, 0.717) is 0 Å². The fraction of sp³-hybridized carbons (Fsp3) is 0.294. The van der Waals surface area contributed by atoms with Crippen LogP contribution in [0.25, 0.3) is 0 Å². The Kier molecular flexibility index (Phi) is 5.17. The highest BCUT2D eigenvalue weighted by molar-refractivity contribution is 9.10. The van der Waals surface area contributed by atoms with Crippen molar-refractivity contribution in [2.45, 2.75) is 19.8 Å². The second-order valence-electron chi connectivity index (χ2n) is 5.01. The van der Waals surface area contributed by atoms with Crippen LogP contribution in [0.4, 0.5) is 0 Å². The number of aryl methyl sites for hydroxylation is 1. The van der Waals surface area contributed by atoms with E-state index in [1.165, 1.54) is 16.7 Å². The quantitative estimate of drug-likeness (QED) is 0.878. The molecule has 0 aliphatic heterocycles. The minimum absolute atomic E-state index is 0.227. The number of halogens is 1. The van der Waals surface area contributed by atoms with Crippen LogP contribution in [0.3, 0.4) is 0 Å². The van der Waals surface area contributed by atoms with Crippen molar-refractivity contribution < 1.29 is 5.11 Å². The highest BCUT2D eigenvalue weighted by Crippen LogP contribution is 2.18. The van der Waals surface area contributed by atoms with E-state index >= 15 is 0 Å². The summed E-state index contributed by atoms with van der Waals surface area (Å²) in [6.07, 6.45) is 1.84. The molecule has 0 radical (unpaired) electrons. The summed E-state index contributed by atoms with van der Waals surface area (Å²) in [6.45, 7) is 2.35. The lowest BCUT2D eigenvalue weighted by Crippen LogP contribution is -2.13. The van der Waals surface area contributed by atoms with Crippen molar-refractivity contribution in [1.82, 2.24) is 0 Å². The van der Waals surface area contributed by atoms with Crippen molar-refractivity contribution in [3.8, 4) is 0 Å². The molecule has 0 aliphatic rings. The number of hydrogen-bond donors (Lipinski definition) is 1. The van der Waals surface area contributed by atoms with Gasteiger partial charge in [-0.2, -0.15) is 0 Å². The van der Waals surface area contributed by atoms with Crippen LogP contribution in [0.2, 0.25) is 0 Å². The summed E-state index contributed by atoms with van der Waals surface area (Å²) in [5, 5.41) is 9.58. The van der Waals surface area contributed by atoms with Gasteiger partial charge >= 0.3 is 0 Å². The van der Waals surface area contributed by atoms with Crippen molar-refractivity contribution in [1.29, 1.82) is 0 Å². The van der Waals surface area contributed by atoms with Gasteiger partial charge < -0.3 is 5.11 Å². The van der Waals surface area contributed by atoms with Crippen molar-refractivity contribution in [3.63, 3.8) is 0 Å². The highest BCUT2D eigenvalue weighted by Gasteiger charge is 2.11. The molecule has 0 aromatic heterocycles. The molecule has 0 aliphatic carbocycles. The number of rotatable bonds is 5. The lowest BCUT2D eigenvalue weighted by molar-refractivity contribution is 0.225. The van der Waals surface area contributed by atoms with Gasteiger partial charge in [0.2, 0.25) is 0 Å². The Balaban J connectivity index is 2.05. The maximum atomic E-state index is 9.58. The van der Waals surface area contributed by atoms with E-state index in [0.717, 1.165) is 17.3 Å². The van der Waals surface area contributed by atoms with E-state index in [2.05, 4.69) is 71.4 Å². The number of aliphatic hydroxyl groups is 1. The van der Waals surface area contributed by atoms with Gasteiger partial charge in [0.15, 0.2) is 0 Å². The Hall–Kier alpha value is -1.12. The molecule has 100 valence electrons. The molecule has 2 rings (SSSR count). The van der Waals surface area contributed by atoms with Crippen LogP contribution in [-0.4, -0.2) is 11.7 Å². The first kappa shape index (κ1) is 14.3. The molecule has 0 bridgehead atoms. The Morgan fingerprint density at radius 2 is 1.68 bits per heavy atom. The van der Waals surface area contributed by atoms with Crippen LogP contribution in [0, 0.1) is 12.8 Å². The predicted molar refractivity (Wildman–Crippen MR) is 83.3 cm³/mol. The van der Waals surface area contributed by atoms with Gasteiger partial charge in [-0.25, -0.2) is 0 Å². The SMILES string of the molecule is Cc1ccccc1CC(CO)Cc1ccc(Br)cc1. The lowest BCUT2D eigenvalue weighted by Gasteiger charge is -2.16. The zero-order valence-corrected chi connectivity index (χ0v) is 12.7. The normalized spacial score (nSPS) is 12.4. The van der Waals surface area contributed by atoms with Gasteiger partial charge in [0.1, 0.15) is 0 Å². The van der Waals surface area contributed by atoms with Crippen LogP contribution in [0.5, 0.6) is 0 Å². The first-order valence-electron chi connectivity index (χ1n) is 6.59. The standard InChI is InChI=1S/C17H19BrO/c1-13-4-2-3-5-16(13)11-15(12-19)10-14-6-8-17(18)9-7-14/h2-9,15,19H,10-12H2,1H3. The molecule has 1 nitrogen and oxygen atoms in total. The average Bonchev–Trinajstić information content (AvgIpc) is 2.43. The molecule has 0 fully saturated rings. The van der Waals surface area contributed by atoms with Crippen LogP contribution >= 0.6 is 15.9 Å². The molecule has 0 heterocycles. The Morgan fingerprint density at radius 1 is 1.00 bits per heavy atom. The molecular weight excluding hydrogens is 300 g/mol. The molecule has 1 N–H and O–H groups in total. The second-order valence-corrected chi connectivity index (χ2v) is 5.93. The van der Waals surface area contributed by atoms with Gasteiger partial charge in [-0.05, 0) is 54.5 Å². The molecule has 0 spiro atoms. The largest absolute Gasteiger partial charge is 0.396 e. The van der Waals surface area contributed by atoms with Crippen LogP contribution in [-0.2, 0) is 12.8 Å². The summed E-state index contributed by atoms with van der Waals surface area (Å²) in [6, 6.07) is 16.7. The highest BCUT2D eigenvalue weighted by atomic mass is 79.9. The Bertz CT molecular complexity index is 519. The molecule has 19 heavy (non-hydrogen) atoms. The summed E-state index contributed by atoms with van der Waals surface area (Å²) in [5.41, 5.74) is 3.91. The lowest BCUT2D eigenvalue weighted by atomic mass is 9.91. The number of aliphatic hydroxyl groups excluding tert-OH is 1. The monoisotopic (exact) mass is 318 g/mol. The first-order valence-corrected chi connectivity index (χ1v) is 7.38. The Labute approximate surface area is 123 Å². The predicted octanol–water partition coefficient (Wildman–Crippen LogP) is 4.15. The third-order valence-electron chi connectivity index (χ3n) is 3.47. The van der Waals surface area contributed by atoms with Gasteiger partial charge in [-0.1, -0.05) is 52.3 Å². The minimum atomic E-state index is 0.227. The van der Waals surface area contributed by atoms with E-state index in [9.17, 15) is 5.11 Å². The second kappa shape index (κ2) is 6.88. The minimum Gasteiger partial charge on any atom is -0.396 e. The summed E-state index contributed by atoms with van der Waals surface area (Å²) >= 11 is 3.44. The third kappa shape index (κ3) is 4.19.